The van der Waals surface area contributed by atoms with E-state index in [1.807, 2.05) is 24.4 Å². The van der Waals surface area contributed by atoms with Gasteiger partial charge in [0.25, 0.3) is 11.7 Å². The van der Waals surface area contributed by atoms with E-state index in [4.69, 9.17) is 16.3 Å². The Morgan fingerprint density at radius 2 is 1.97 bits per heavy atom. The molecule has 7 nitrogen and oxygen atoms in total. The predicted octanol–water partition coefficient (Wildman–Crippen LogP) is 4.89. The van der Waals surface area contributed by atoms with Crippen LogP contribution in [0.3, 0.4) is 0 Å². The summed E-state index contributed by atoms with van der Waals surface area (Å²) in [7, 11) is 1.61. The predicted molar refractivity (Wildman–Crippen MR) is 133 cm³/mol. The van der Waals surface area contributed by atoms with Gasteiger partial charge in [-0.15, -0.1) is 0 Å². The number of likely N-dealkylation sites (tertiary alicyclic amines) is 1. The van der Waals surface area contributed by atoms with E-state index in [2.05, 4.69) is 9.97 Å². The van der Waals surface area contributed by atoms with E-state index in [1.54, 1.807) is 55.9 Å². The van der Waals surface area contributed by atoms with Crippen molar-refractivity contribution in [3.05, 3.63) is 100 Å². The third kappa shape index (κ3) is 4.15. The Labute approximate surface area is 206 Å². The Morgan fingerprint density at radius 3 is 2.69 bits per heavy atom. The molecule has 1 amide bonds. The molecule has 1 aliphatic rings. The molecule has 1 saturated heterocycles. The lowest BCUT2D eigenvalue weighted by molar-refractivity contribution is -0.139. The number of benzene rings is 2. The summed E-state index contributed by atoms with van der Waals surface area (Å²) in [6.45, 7) is 0.270. The first-order chi connectivity index (χ1) is 17.0. The van der Waals surface area contributed by atoms with Crippen LogP contribution in [0.5, 0.6) is 5.75 Å². The van der Waals surface area contributed by atoms with Gasteiger partial charge in [-0.25, -0.2) is 0 Å². The number of ether oxygens (including phenoxy) is 1. The van der Waals surface area contributed by atoms with Crippen LogP contribution in [0.4, 0.5) is 0 Å². The lowest BCUT2D eigenvalue weighted by Crippen LogP contribution is -2.31. The lowest BCUT2D eigenvalue weighted by Gasteiger charge is -2.25. The summed E-state index contributed by atoms with van der Waals surface area (Å²) in [5.41, 5.74) is 3.02. The summed E-state index contributed by atoms with van der Waals surface area (Å²) in [4.78, 5) is 35.2. The molecule has 3 heterocycles. The first kappa shape index (κ1) is 22.7. The average molecular weight is 488 g/mol. The van der Waals surface area contributed by atoms with Crippen LogP contribution in [0.2, 0.25) is 5.02 Å². The normalized spacial score (nSPS) is 17.3. The highest BCUT2D eigenvalue weighted by molar-refractivity contribution is 6.46. The minimum atomic E-state index is -0.765. The zero-order valence-electron chi connectivity index (χ0n) is 18.9. The highest BCUT2D eigenvalue weighted by Gasteiger charge is 2.46. The molecular weight excluding hydrogens is 466 g/mol. The maximum absolute atomic E-state index is 13.2. The van der Waals surface area contributed by atoms with E-state index in [0.29, 0.717) is 22.6 Å². The molecule has 0 bridgehead atoms. The van der Waals surface area contributed by atoms with Crippen LogP contribution in [-0.4, -0.2) is 45.3 Å². The van der Waals surface area contributed by atoms with Gasteiger partial charge in [-0.1, -0.05) is 17.7 Å². The van der Waals surface area contributed by atoms with Crippen molar-refractivity contribution in [3.63, 3.8) is 0 Å². The number of nitrogens with one attached hydrogen (secondary N) is 1. The number of carbonyl (C=O) groups excluding carboxylic acids is 2. The smallest absolute Gasteiger partial charge is 0.295 e. The summed E-state index contributed by atoms with van der Waals surface area (Å²) < 4.78 is 5.35. The molecular formula is C27H22ClN3O4. The minimum absolute atomic E-state index is 0.0333. The maximum atomic E-state index is 13.2. The van der Waals surface area contributed by atoms with Crippen LogP contribution < -0.4 is 4.74 Å². The number of aromatic nitrogens is 2. The summed E-state index contributed by atoms with van der Waals surface area (Å²) in [6.07, 6.45) is 5.62. The van der Waals surface area contributed by atoms with Crippen LogP contribution in [0.25, 0.3) is 16.7 Å². The second kappa shape index (κ2) is 9.27. The Morgan fingerprint density at radius 1 is 1.17 bits per heavy atom. The topological polar surface area (TPSA) is 95.5 Å². The van der Waals surface area contributed by atoms with E-state index in [-0.39, 0.29) is 17.9 Å². The molecule has 1 atom stereocenters. The summed E-state index contributed by atoms with van der Waals surface area (Å²) in [5, 5.41) is 12.6. The Balaban J connectivity index is 1.54. The van der Waals surface area contributed by atoms with Crippen molar-refractivity contribution in [1.29, 1.82) is 0 Å². The van der Waals surface area contributed by atoms with E-state index < -0.39 is 17.7 Å². The largest absolute Gasteiger partial charge is 0.507 e. The molecule has 2 aromatic heterocycles. The molecule has 8 heteroatoms. The number of hydrogen-bond acceptors (Lipinski definition) is 5. The molecule has 0 saturated carbocycles. The molecule has 0 aliphatic carbocycles. The van der Waals surface area contributed by atoms with Crippen molar-refractivity contribution < 1.29 is 19.4 Å². The molecule has 1 unspecified atom stereocenters. The number of ketones is 1. The lowest BCUT2D eigenvalue weighted by atomic mass is 9.96. The van der Waals surface area contributed by atoms with E-state index in [9.17, 15) is 14.7 Å². The Kier molecular flexibility index (Phi) is 6.01. The first-order valence-corrected chi connectivity index (χ1v) is 11.4. The van der Waals surface area contributed by atoms with E-state index in [1.165, 1.54) is 4.90 Å². The number of nitrogens with zero attached hydrogens (tertiary/aromatic N) is 2. The van der Waals surface area contributed by atoms with Gasteiger partial charge in [0.1, 0.15) is 11.5 Å². The van der Waals surface area contributed by atoms with Crippen molar-refractivity contribution in [3.8, 4) is 5.75 Å². The van der Waals surface area contributed by atoms with Crippen molar-refractivity contribution >= 4 is 40.0 Å². The molecule has 0 radical (unpaired) electrons. The molecule has 5 rings (SSSR count). The number of carbonyl (C=O) groups is 2. The third-order valence-electron chi connectivity index (χ3n) is 6.25. The number of amides is 1. The number of H-pyrrole nitrogens is 1. The zero-order chi connectivity index (χ0) is 24.5. The fraction of sp³-hybridized carbons (Fsp3) is 0.148. The monoisotopic (exact) mass is 487 g/mol. The average Bonchev–Trinajstić information content (AvgIpc) is 3.40. The number of fused-ring (bicyclic) bond motifs is 1. The highest BCUT2D eigenvalue weighted by atomic mass is 35.5. The van der Waals surface area contributed by atoms with Crippen LogP contribution in [0.1, 0.15) is 22.7 Å². The number of rotatable bonds is 6. The molecule has 2 N–H and O–H groups in total. The second-order valence-electron chi connectivity index (χ2n) is 8.26. The van der Waals surface area contributed by atoms with Gasteiger partial charge in [0.05, 0.1) is 18.7 Å². The standard InChI is InChI=1S/C27H22ClN3O4/c1-35-20-8-9-22-21(13-20)17(15-30-22)10-12-31-24(18-3-2-11-29-14-18)23(26(33)27(31)34)25(32)16-4-6-19(28)7-5-16/h2-9,11,13-15,24,30,32H,10,12H2,1H3/b25-23-. The Bertz CT molecular complexity index is 1440. The number of halogens is 1. The number of hydrogen-bond donors (Lipinski definition) is 2. The van der Waals surface area contributed by atoms with Crippen molar-refractivity contribution in [1.82, 2.24) is 14.9 Å². The van der Waals surface area contributed by atoms with Gasteiger partial charge in [-0.05, 0) is 66.1 Å². The molecule has 1 aliphatic heterocycles. The highest BCUT2D eigenvalue weighted by Crippen LogP contribution is 2.39. The minimum Gasteiger partial charge on any atom is -0.507 e. The van der Waals surface area contributed by atoms with Gasteiger partial charge in [-0.3, -0.25) is 14.6 Å². The summed E-state index contributed by atoms with van der Waals surface area (Å²) in [6, 6.07) is 15.0. The molecule has 0 spiro atoms. The van der Waals surface area contributed by atoms with E-state index in [0.717, 1.165) is 22.2 Å². The molecule has 4 aromatic rings. The second-order valence-corrected chi connectivity index (χ2v) is 8.70. The number of aliphatic hydroxyl groups is 1. The van der Waals surface area contributed by atoms with Crippen LogP contribution in [-0.2, 0) is 16.0 Å². The maximum Gasteiger partial charge on any atom is 0.295 e. The van der Waals surface area contributed by atoms with Gasteiger partial charge in [0.15, 0.2) is 0 Å². The first-order valence-electron chi connectivity index (χ1n) is 11.1. The zero-order valence-corrected chi connectivity index (χ0v) is 19.6. The van der Waals surface area contributed by atoms with Gasteiger partial charge >= 0.3 is 0 Å². The van der Waals surface area contributed by atoms with Gasteiger partial charge in [-0.2, -0.15) is 0 Å². The van der Waals surface area contributed by atoms with Crippen molar-refractivity contribution in [2.75, 3.05) is 13.7 Å². The van der Waals surface area contributed by atoms with Crippen LogP contribution >= 0.6 is 11.6 Å². The number of methoxy groups -OCH3 is 1. The molecule has 35 heavy (non-hydrogen) atoms. The summed E-state index contributed by atoms with van der Waals surface area (Å²) in [5.74, 6) is -0.899. The molecule has 176 valence electrons. The van der Waals surface area contributed by atoms with Gasteiger partial charge in [0, 0.05) is 46.6 Å². The third-order valence-corrected chi connectivity index (χ3v) is 6.51. The summed E-state index contributed by atoms with van der Waals surface area (Å²) >= 11 is 5.98. The number of aliphatic hydroxyl groups excluding tert-OH is 1. The van der Waals surface area contributed by atoms with Crippen LogP contribution in [0, 0.1) is 0 Å². The fourth-order valence-electron chi connectivity index (χ4n) is 4.49. The quantitative estimate of drug-likeness (QED) is 0.229. The van der Waals surface area contributed by atoms with Gasteiger partial charge in [0.2, 0.25) is 0 Å². The Hall–Kier alpha value is -4.10. The SMILES string of the molecule is COc1ccc2[nH]cc(CCN3C(=O)C(=O)/C(=C(\O)c4ccc(Cl)cc4)C3c3cccnc3)c2c1. The van der Waals surface area contributed by atoms with Crippen molar-refractivity contribution in [2.45, 2.75) is 12.5 Å². The fourth-order valence-corrected chi connectivity index (χ4v) is 4.62. The number of pyridine rings is 1. The van der Waals surface area contributed by atoms with E-state index >= 15 is 0 Å². The van der Waals surface area contributed by atoms with Gasteiger partial charge < -0.3 is 19.7 Å². The van der Waals surface area contributed by atoms with Crippen molar-refractivity contribution in [2.24, 2.45) is 0 Å². The van der Waals surface area contributed by atoms with Crippen LogP contribution in [0.15, 0.2) is 78.8 Å². The molecule has 1 fully saturated rings. The number of Topliss-reactive ketones (excluding diaryl/α,β-unsaturated/α-hetero) is 1. The molecule has 2 aromatic carbocycles. The number of aromatic amines is 1.